The number of H-pyrrole nitrogens is 1. The molecule has 0 fully saturated rings. The summed E-state index contributed by atoms with van der Waals surface area (Å²) in [6.07, 6.45) is 0.698. The minimum absolute atomic E-state index is 0.0619. The Kier molecular flexibility index (Phi) is 5.50. The Labute approximate surface area is 151 Å². The van der Waals surface area contributed by atoms with Crippen molar-refractivity contribution in [3.05, 3.63) is 71.0 Å². The number of amides is 1. The van der Waals surface area contributed by atoms with Crippen LogP contribution in [0.2, 0.25) is 0 Å². The summed E-state index contributed by atoms with van der Waals surface area (Å²) in [5, 5.41) is 10.6. The molecule has 6 heteroatoms. The maximum atomic E-state index is 12.1. The third kappa shape index (κ3) is 4.93. The molecule has 0 spiro atoms. The van der Waals surface area contributed by atoms with Crippen molar-refractivity contribution in [1.82, 2.24) is 15.2 Å². The van der Waals surface area contributed by atoms with Gasteiger partial charge in [0.2, 0.25) is 11.1 Å². The quantitative estimate of drug-likeness (QED) is 0.663. The molecule has 0 saturated heterocycles. The van der Waals surface area contributed by atoms with Gasteiger partial charge in [-0.3, -0.25) is 9.89 Å². The highest BCUT2D eigenvalue weighted by Crippen LogP contribution is 2.18. The molecule has 128 valence electrons. The Bertz CT molecular complexity index is 861. The van der Waals surface area contributed by atoms with Gasteiger partial charge in [0.05, 0.1) is 5.75 Å². The van der Waals surface area contributed by atoms with E-state index < -0.39 is 0 Å². The molecule has 2 N–H and O–H groups in total. The van der Waals surface area contributed by atoms with Gasteiger partial charge in [-0.05, 0) is 36.6 Å². The van der Waals surface area contributed by atoms with E-state index in [9.17, 15) is 4.79 Å². The number of benzene rings is 2. The van der Waals surface area contributed by atoms with Gasteiger partial charge in [-0.1, -0.05) is 54.2 Å². The number of anilines is 1. The molecule has 0 saturated carbocycles. The lowest BCUT2D eigenvalue weighted by atomic mass is 10.1. The van der Waals surface area contributed by atoms with Gasteiger partial charge < -0.3 is 5.32 Å². The molecular weight excluding hydrogens is 332 g/mol. The van der Waals surface area contributed by atoms with E-state index in [4.69, 9.17) is 0 Å². The number of rotatable bonds is 6. The van der Waals surface area contributed by atoms with E-state index in [1.165, 1.54) is 17.3 Å². The number of thioether (sulfide) groups is 1. The second-order valence-corrected chi connectivity index (χ2v) is 6.82. The Morgan fingerprint density at radius 1 is 1.16 bits per heavy atom. The Morgan fingerprint density at radius 3 is 2.76 bits per heavy atom. The molecule has 0 bridgehead atoms. The number of carbonyl (C=O) groups is 1. The number of hydrogen-bond acceptors (Lipinski definition) is 4. The van der Waals surface area contributed by atoms with Crippen molar-refractivity contribution in [2.45, 2.75) is 25.4 Å². The first-order valence-corrected chi connectivity index (χ1v) is 9.04. The summed E-state index contributed by atoms with van der Waals surface area (Å²) in [5.41, 5.74) is 4.19. The van der Waals surface area contributed by atoms with E-state index in [1.807, 2.05) is 62.4 Å². The number of nitrogens with one attached hydrogen (secondary N) is 2. The van der Waals surface area contributed by atoms with Crippen LogP contribution in [0.3, 0.4) is 0 Å². The number of aromatic nitrogens is 3. The highest BCUT2D eigenvalue weighted by molar-refractivity contribution is 7.99. The zero-order valence-electron chi connectivity index (χ0n) is 14.2. The van der Waals surface area contributed by atoms with Crippen molar-refractivity contribution in [3.63, 3.8) is 0 Å². The van der Waals surface area contributed by atoms with Crippen LogP contribution in [0.25, 0.3) is 0 Å². The van der Waals surface area contributed by atoms with Crippen molar-refractivity contribution in [2.75, 3.05) is 11.1 Å². The number of aryl methyl sites for hydroxylation is 2. The Balaban J connectivity index is 1.53. The van der Waals surface area contributed by atoms with Crippen LogP contribution in [0, 0.1) is 13.8 Å². The van der Waals surface area contributed by atoms with Gasteiger partial charge in [-0.15, -0.1) is 5.10 Å². The lowest BCUT2D eigenvalue weighted by molar-refractivity contribution is -0.113. The molecular formula is C19H20N4OS. The van der Waals surface area contributed by atoms with Crippen LogP contribution in [0.15, 0.2) is 53.7 Å². The van der Waals surface area contributed by atoms with Crippen LogP contribution < -0.4 is 5.32 Å². The molecule has 0 aliphatic heterocycles. The second kappa shape index (κ2) is 7.98. The van der Waals surface area contributed by atoms with Crippen molar-refractivity contribution in [3.8, 4) is 0 Å². The normalized spacial score (nSPS) is 10.6. The van der Waals surface area contributed by atoms with Gasteiger partial charge in [0.25, 0.3) is 0 Å². The first-order valence-electron chi connectivity index (χ1n) is 8.05. The van der Waals surface area contributed by atoms with Gasteiger partial charge in [-0.25, -0.2) is 4.98 Å². The third-order valence-electron chi connectivity index (χ3n) is 3.73. The van der Waals surface area contributed by atoms with Gasteiger partial charge in [0.1, 0.15) is 5.82 Å². The molecule has 0 aliphatic rings. The Morgan fingerprint density at radius 2 is 1.96 bits per heavy atom. The largest absolute Gasteiger partial charge is 0.325 e. The number of carbonyl (C=O) groups excluding carboxylic acids is 1. The topological polar surface area (TPSA) is 70.7 Å². The fourth-order valence-corrected chi connectivity index (χ4v) is 3.01. The lowest BCUT2D eigenvalue weighted by Crippen LogP contribution is -2.15. The first kappa shape index (κ1) is 17.2. The molecule has 5 nitrogen and oxygen atoms in total. The second-order valence-electron chi connectivity index (χ2n) is 5.88. The van der Waals surface area contributed by atoms with Crippen LogP contribution >= 0.6 is 11.8 Å². The highest BCUT2D eigenvalue weighted by Gasteiger charge is 2.09. The zero-order chi connectivity index (χ0) is 17.6. The maximum absolute atomic E-state index is 12.1. The average Bonchev–Trinajstić information content (AvgIpc) is 3.05. The van der Waals surface area contributed by atoms with Crippen LogP contribution in [0.4, 0.5) is 5.69 Å². The number of hydrogen-bond donors (Lipinski definition) is 2. The monoisotopic (exact) mass is 352 g/mol. The van der Waals surface area contributed by atoms with Crippen LogP contribution in [0.5, 0.6) is 0 Å². The Hall–Kier alpha value is -2.60. The van der Waals surface area contributed by atoms with Crippen LogP contribution in [-0.2, 0) is 11.2 Å². The van der Waals surface area contributed by atoms with Crippen molar-refractivity contribution < 1.29 is 4.79 Å². The van der Waals surface area contributed by atoms with E-state index in [2.05, 4.69) is 20.5 Å². The molecule has 0 radical (unpaired) electrons. The van der Waals surface area contributed by atoms with E-state index in [-0.39, 0.29) is 11.7 Å². The zero-order valence-corrected chi connectivity index (χ0v) is 15.1. The van der Waals surface area contributed by atoms with Crippen molar-refractivity contribution >= 4 is 23.4 Å². The van der Waals surface area contributed by atoms with Gasteiger partial charge in [0.15, 0.2) is 0 Å². The molecule has 25 heavy (non-hydrogen) atoms. The molecule has 1 heterocycles. The first-order chi connectivity index (χ1) is 12.1. The molecule has 2 aromatic carbocycles. The maximum Gasteiger partial charge on any atom is 0.234 e. The summed E-state index contributed by atoms with van der Waals surface area (Å²) < 4.78 is 0. The van der Waals surface area contributed by atoms with E-state index in [0.717, 1.165) is 22.6 Å². The smallest absolute Gasteiger partial charge is 0.234 e. The summed E-state index contributed by atoms with van der Waals surface area (Å²) in [5.74, 6) is 1.01. The minimum Gasteiger partial charge on any atom is -0.325 e. The highest BCUT2D eigenvalue weighted by atomic mass is 32.2. The van der Waals surface area contributed by atoms with Crippen molar-refractivity contribution in [2.24, 2.45) is 0 Å². The van der Waals surface area contributed by atoms with E-state index in [1.54, 1.807) is 0 Å². The summed E-state index contributed by atoms with van der Waals surface area (Å²) in [6.45, 7) is 3.99. The molecule has 3 rings (SSSR count). The third-order valence-corrected chi connectivity index (χ3v) is 4.57. The van der Waals surface area contributed by atoms with Crippen LogP contribution in [-0.4, -0.2) is 26.8 Å². The van der Waals surface area contributed by atoms with E-state index >= 15 is 0 Å². The predicted molar refractivity (Wildman–Crippen MR) is 101 cm³/mol. The molecule has 1 amide bonds. The standard InChI is InChI=1S/C19H20N4OS/c1-13-8-9-14(2)16(10-13)20-18(24)12-25-19-21-17(22-23-19)11-15-6-4-3-5-7-15/h3-10H,11-12H2,1-2H3,(H,20,24)(H,21,22,23). The molecule has 0 atom stereocenters. The van der Waals surface area contributed by atoms with Gasteiger partial charge in [0, 0.05) is 12.1 Å². The fraction of sp³-hybridized carbons (Fsp3) is 0.211. The molecule has 0 aliphatic carbocycles. The average molecular weight is 352 g/mol. The number of aromatic amines is 1. The predicted octanol–water partition coefficient (Wildman–Crippen LogP) is 3.74. The molecule has 3 aromatic rings. The molecule has 1 aromatic heterocycles. The SMILES string of the molecule is Cc1ccc(C)c(NC(=O)CSc2n[nH]c(Cc3ccccc3)n2)c1. The summed E-state index contributed by atoms with van der Waals surface area (Å²) >= 11 is 1.32. The van der Waals surface area contributed by atoms with E-state index in [0.29, 0.717) is 11.6 Å². The lowest BCUT2D eigenvalue weighted by Gasteiger charge is -2.08. The van der Waals surface area contributed by atoms with Crippen LogP contribution in [0.1, 0.15) is 22.5 Å². The van der Waals surface area contributed by atoms with Crippen molar-refractivity contribution in [1.29, 1.82) is 0 Å². The summed E-state index contributed by atoms with van der Waals surface area (Å²) in [6, 6.07) is 16.1. The number of nitrogens with zero attached hydrogens (tertiary/aromatic N) is 2. The molecule has 0 unspecified atom stereocenters. The minimum atomic E-state index is -0.0619. The summed E-state index contributed by atoms with van der Waals surface area (Å²) in [7, 11) is 0. The van der Waals surface area contributed by atoms with Gasteiger partial charge >= 0.3 is 0 Å². The fourth-order valence-electron chi connectivity index (χ4n) is 2.40. The van der Waals surface area contributed by atoms with Gasteiger partial charge in [-0.2, -0.15) is 0 Å². The summed E-state index contributed by atoms with van der Waals surface area (Å²) in [4.78, 5) is 16.6.